The third kappa shape index (κ3) is 10.9. The molecule has 0 unspecified atom stereocenters. The minimum Gasteiger partial charge on any atom is -0.444 e. The summed E-state index contributed by atoms with van der Waals surface area (Å²) in [6.07, 6.45) is 9.01. The number of fused-ring (bicyclic) bond motifs is 2. The predicted molar refractivity (Wildman–Crippen MR) is 176 cm³/mol. The lowest BCUT2D eigenvalue weighted by Gasteiger charge is -2.43. The van der Waals surface area contributed by atoms with Gasteiger partial charge in [-0.15, -0.1) is 4.28 Å². The van der Waals surface area contributed by atoms with E-state index in [1.54, 1.807) is 25.8 Å². The molecule has 3 fully saturated rings. The van der Waals surface area contributed by atoms with Gasteiger partial charge in [0.2, 0.25) is 0 Å². The van der Waals surface area contributed by atoms with E-state index < -0.39 is 57.8 Å². The van der Waals surface area contributed by atoms with E-state index in [-0.39, 0.29) is 13.1 Å². The van der Waals surface area contributed by atoms with Crippen LogP contribution in [0.1, 0.15) is 132 Å². The normalized spacial score (nSPS) is 22.0. The van der Waals surface area contributed by atoms with Gasteiger partial charge < -0.3 is 14.5 Å². The zero-order valence-electron chi connectivity index (χ0n) is 29.6. The van der Waals surface area contributed by atoms with Crippen LogP contribution in [0.3, 0.4) is 0 Å². The second-order valence-corrected chi connectivity index (χ2v) is 15.2. The van der Waals surface area contributed by atoms with E-state index in [4.69, 9.17) is 18.1 Å². The lowest BCUT2D eigenvalue weighted by atomic mass is 9.82. The molecule has 0 radical (unpaired) electrons. The summed E-state index contributed by atoms with van der Waals surface area (Å²) in [5.74, 6) is -0.518. The Balaban J connectivity index is 1.63. The highest BCUT2D eigenvalue weighted by atomic mass is 32.3. The zero-order valence-corrected chi connectivity index (χ0v) is 30.4. The van der Waals surface area contributed by atoms with Crippen molar-refractivity contribution in [1.29, 1.82) is 0 Å². The van der Waals surface area contributed by atoms with Crippen LogP contribution in [-0.2, 0) is 33.3 Å². The molecule has 47 heavy (non-hydrogen) atoms. The number of nitrogens with zero attached hydrogens (tertiary/aromatic N) is 4. The molecule has 3 aliphatic heterocycles. The highest BCUT2D eigenvalue weighted by Crippen LogP contribution is 2.36. The molecule has 1 N–H and O–H groups in total. The fraction of sp³-hybridized carbons (Fsp3) is 0.906. The van der Waals surface area contributed by atoms with Crippen molar-refractivity contribution >= 4 is 28.4 Å². The van der Waals surface area contributed by atoms with Crippen LogP contribution in [0.15, 0.2) is 0 Å². The Labute approximate surface area is 281 Å². The Morgan fingerprint density at radius 3 is 2.17 bits per heavy atom. The first-order valence-corrected chi connectivity index (χ1v) is 19.0. The van der Waals surface area contributed by atoms with Gasteiger partial charge in [-0.1, -0.05) is 66.2 Å². The first kappa shape index (κ1) is 39.2. The summed E-state index contributed by atoms with van der Waals surface area (Å²) in [5, 5.41) is 2.46. The average molecular weight is 690 g/mol. The van der Waals surface area contributed by atoms with Gasteiger partial charge in [0.25, 0.3) is 5.91 Å². The minimum atomic E-state index is -4.66. The number of rotatable bonds is 19. The maximum atomic E-state index is 13.5. The SMILES string of the molecule is CCCCN(OS(=O)(=O)ON1C(=O)N2C[C@H]1CC[C@H]2C(=O)NO[C@H]1CCN(C(=O)OC(C)(C)C)C1)C(CCC)(CCCC)CCCC. The second-order valence-electron chi connectivity index (χ2n) is 14.1. The van der Waals surface area contributed by atoms with Gasteiger partial charge in [-0.05, 0) is 65.7 Å². The Morgan fingerprint density at radius 1 is 0.915 bits per heavy atom. The Kier molecular flexibility index (Phi) is 14.6. The number of hydrogen-bond acceptors (Lipinski definition) is 10. The molecular formula is C32H59N5O9S. The van der Waals surface area contributed by atoms with E-state index in [0.717, 1.165) is 69.3 Å². The first-order chi connectivity index (χ1) is 22.2. The van der Waals surface area contributed by atoms with E-state index in [1.807, 2.05) is 6.92 Å². The third-order valence-electron chi connectivity index (χ3n) is 9.05. The topological polar surface area (TPSA) is 147 Å². The summed E-state index contributed by atoms with van der Waals surface area (Å²) in [5.41, 5.74) is 1.37. The van der Waals surface area contributed by atoms with Crippen molar-refractivity contribution in [3.8, 4) is 0 Å². The summed E-state index contributed by atoms with van der Waals surface area (Å²) in [7, 11) is -4.66. The summed E-state index contributed by atoms with van der Waals surface area (Å²) >= 11 is 0. The quantitative estimate of drug-likeness (QED) is 0.174. The standard InChI is InChI=1S/C32H59N5O9S/c1-8-12-19-32(18-11-4,20-13-9-2)36(21-14-10-3)45-47(41,42)46-37-25-15-16-27(35(23-25)29(37)39)28(38)33-44-26-17-22-34(24-26)30(40)43-31(5,6)7/h25-27H,8-24H2,1-7H3,(H,33,38)/t25-,26+,27+/m1/s1. The number of nitrogens with one attached hydrogen (secondary N) is 1. The van der Waals surface area contributed by atoms with E-state index in [0.29, 0.717) is 32.4 Å². The van der Waals surface area contributed by atoms with Crippen LogP contribution in [0.25, 0.3) is 0 Å². The summed E-state index contributed by atoms with van der Waals surface area (Å²) in [4.78, 5) is 47.4. The largest absolute Gasteiger partial charge is 0.444 e. The van der Waals surface area contributed by atoms with Crippen LogP contribution in [0.2, 0.25) is 0 Å². The smallest absolute Gasteiger partial charge is 0.437 e. The molecular weight excluding hydrogens is 630 g/mol. The monoisotopic (exact) mass is 689 g/mol. The second kappa shape index (κ2) is 17.5. The number of ether oxygens (including phenoxy) is 1. The van der Waals surface area contributed by atoms with E-state index in [1.165, 1.54) is 9.80 Å². The Morgan fingerprint density at radius 2 is 1.57 bits per heavy atom. The predicted octanol–water partition coefficient (Wildman–Crippen LogP) is 5.44. The number of piperidine rings is 1. The average Bonchev–Trinajstić information content (AvgIpc) is 3.58. The summed E-state index contributed by atoms with van der Waals surface area (Å²) < 4.78 is 43.5. The number of carbonyl (C=O) groups is 3. The maximum Gasteiger partial charge on any atom is 0.437 e. The van der Waals surface area contributed by atoms with Gasteiger partial charge >= 0.3 is 22.5 Å². The van der Waals surface area contributed by atoms with E-state index in [9.17, 15) is 22.8 Å². The Hall–Kier alpha value is -2.20. The summed E-state index contributed by atoms with van der Waals surface area (Å²) in [6.45, 7) is 15.0. The molecule has 3 atom stereocenters. The van der Waals surface area contributed by atoms with Crippen LogP contribution in [-0.4, -0.2) is 102 Å². The highest BCUT2D eigenvalue weighted by molar-refractivity contribution is 7.81. The van der Waals surface area contributed by atoms with E-state index in [2.05, 4.69) is 26.3 Å². The molecule has 14 nitrogen and oxygen atoms in total. The van der Waals surface area contributed by atoms with Gasteiger partial charge in [0.1, 0.15) is 17.7 Å². The molecule has 0 aromatic carbocycles. The van der Waals surface area contributed by atoms with Gasteiger partial charge in [-0.2, -0.15) is 22.8 Å². The van der Waals surface area contributed by atoms with Crippen molar-refractivity contribution in [2.75, 3.05) is 26.2 Å². The zero-order chi connectivity index (χ0) is 34.8. The third-order valence-corrected chi connectivity index (χ3v) is 9.76. The van der Waals surface area contributed by atoms with Crippen molar-refractivity contribution in [2.45, 2.75) is 161 Å². The Bertz CT molecular complexity index is 1140. The van der Waals surface area contributed by atoms with Crippen molar-refractivity contribution in [3.05, 3.63) is 0 Å². The fourth-order valence-corrected chi connectivity index (χ4v) is 7.49. The van der Waals surface area contributed by atoms with Crippen molar-refractivity contribution in [1.82, 2.24) is 25.4 Å². The molecule has 3 rings (SSSR count). The van der Waals surface area contributed by atoms with Crippen LogP contribution in [0, 0.1) is 0 Å². The van der Waals surface area contributed by atoms with Gasteiger partial charge in [0.05, 0.1) is 12.6 Å². The number of urea groups is 1. The number of carbonyl (C=O) groups excluding carboxylic acids is 3. The molecule has 3 heterocycles. The van der Waals surface area contributed by atoms with Crippen LogP contribution in [0.4, 0.5) is 9.59 Å². The van der Waals surface area contributed by atoms with Crippen molar-refractivity contribution < 1.29 is 40.9 Å². The van der Waals surface area contributed by atoms with Gasteiger partial charge in [-0.3, -0.25) is 9.63 Å². The molecule has 2 bridgehead atoms. The summed E-state index contributed by atoms with van der Waals surface area (Å²) in [6, 6.07) is -2.12. The van der Waals surface area contributed by atoms with Gasteiger partial charge in [0.15, 0.2) is 0 Å². The molecule has 272 valence electrons. The van der Waals surface area contributed by atoms with Crippen LogP contribution < -0.4 is 5.48 Å². The molecule has 4 amide bonds. The molecule has 0 spiro atoms. The lowest BCUT2D eigenvalue weighted by molar-refractivity contribution is -0.172. The molecule has 15 heteroatoms. The highest BCUT2D eigenvalue weighted by Gasteiger charge is 2.50. The van der Waals surface area contributed by atoms with Crippen molar-refractivity contribution in [2.24, 2.45) is 0 Å². The number of hydrogen-bond donors (Lipinski definition) is 1. The minimum absolute atomic E-state index is 0.134. The molecule has 0 aromatic rings. The number of amides is 4. The molecule has 0 aliphatic carbocycles. The van der Waals surface area contributed by atoms with E-state index >= 15 is 0 Å². The molecule has 3 saturated heterocycles. The van der Waals surface area contributed by atoms with Gasteiger partial charge in [-0.25, -0.2) is 15.1 Å². The molecule has 0 aromatic heterocycles. The van der Waals surface area contributed by atoms with Crippen LogP contribution >= 0.6 is 0 Å². The number of likely N-dealkylation sites (tertiary alicyclic amines) is 1. The van der Waals surface area contributed by atoms with Crippen molar-refractivity contribution in [3.63, 3.8) is 0 Å². The maximum absolute atomic E-state index is 13.5. The first-order valence-electron chi connectivity index (χ1n) is 17.6. The lowest BCUT2D eigenvalue weighted by Crippen LogP contribution is -2.51. The molecule has 3 aliphatic rings. The fourth-order valence-electron chi connectivity index (χ4n) is 6.63. The number of unbranched alkanes of at least 4 members (excludes halogenated alkanes) is 3. The van der Waals surface area contributed by atoms with Gasteiger partial charge in [0, 0.05) is 25.2 Å². The van der Waals surface area contributed by atoms with Crippen LogP contribution in [0.5, 0.6) is 0 Å². The molecule has 0 saturated carbocycles. The number of hydroxylamine groups is 5.